The van der Waals surface area contributed by atoms with E-state index in [9.17, 15) is 0 Å². The first kappa shape index (κ1) is 14.8. The molecule has 1 atom stereocenters. The summed E-state index contributed by atoms with van der Waals surface area (Å²) in [6.07, 6.45) is 1.04. The van der Waals surface area contributed by atoms with Crippen molar-refractivity contribution in [1.82, 2.24) is 0 Å². The maximum atomic E-state index is 6.23. The highest BCUT2D eigenvalue weighted by Gasteiger charge is 2.14. The molecule has 0 aliphatic heterocycles. The van der Waals surface area contributed by atoms with Gasteiger partial charge in [-0.3, -0.25) is 0 Å². The highest BCUT2D eigenvalue weighted by Crippen LogP contribution is 2.35. The van der Waals surface area contributed by atoms with E-state index in [0.717, 1.165) is 10.9 Å². The smallest absolute Gasteiger partial charge is 0.0413 e. The molecule has 0 radical (unpaired) electrons. The second-order valence-corrected chi connectivity index (χ2v) is 7.16. The number of benzene rings is 1. The Hall–Kier alpha value is -0.640. The average Bonchev–Trinajstić information content (AvgIpc) is 2.86. The molecule has 0 spiro atoms. The first-order valence-electron chi connectivity index (χ1n) is 6.67. The van der Waals surface area contributed by atoms with Crippen molar-refractivity contribution in [2.45, 2.75) is 33.2 Å². The van der Waals surface area contributed by atoms with E-state index in [4.69, 9.17) is 5.73 Å². The zero-order valence-corrected chi connectivity index (χ0v) is 14.0. The van der Waals surface area contributed by atoms with Crippen molar-refractivity contribution in [2.75, 3.05) is 0 Å². The van der Waals surface area contributed by atoms with Gasteiger partial charge >= 0.3 is 0 Å². The summed E-state index contributed by atoms with van der Waals surface area (Å²) in [6.45, 7) is 6.53. The Bertz CT molecular complexity index is 560. The third-order valence-electron chi connectivity index (χ3n) is 3.39. The van der Waals surface area contributed by atoms with E-state index >= 15 is 0 Å². The van der Waals surface area contributed by atoms with Crippen LogP contribution in [0.3, 0.4) is 0 Å². The van der Waals surface area contributed by atoms with Crippen LogP contribution in [0, 0.1) is 5.92 Å². The molecule has 0 aliphatic rings. The van der Waals surface area contributed by atoms with Gasteiger partial charge in [0.1, 0.15) is 0 Å². The van der Waals surface area contributed by atoms with Crippen LogP contribution in [0.5, 0.6) is 0 Å². The molecule has 1 aromatic heterocycles. The van der Waals surface area contributed by atoms with Crippen molar-refractivity contribution in [3.63, 3.8) is 0 Å². The molecule has 19 heavy (non-hydrogen) atoms. The lowest BCUT2D eigenvalue weighted by Crippen LogP contribution is -2.14. The molecule has 1 heterocycles. The number of hydrogen-bond acceptors (Lipinski definition) is 2. The van der Waals surface area contributed by atoms with Crippen LogP contribution >= 0.6 is 27.3 Å². The van der Waals surface area contributed by atoms with Gasteiger partial charge in [0, 0.05) is 20.3 Å². The highest BCUT2D eigenvalue weighted by molar-refractivity contribution is 9.10. The van der Waals surface area contributed by atoms with Crippen molar-refractivity contribution in [2.24, 2.45) is 11.7 Å². The molecule has 1 unspecified atom stereocenters. The van der Waals surface area contributed by atoms with Gasteiger partial charge in [0.25, 0.3) is 0 Å². The van der Waals surface area contributed by atoms with Gasteiger partial charge in [0.05, 0.1) is 0 Å². The number of hydrogen-bond donors (Lipinski definition) is 1. The molecule has 0 fully saturated rings. The number of halogens is 1. The fraction of sp³-hybridized carbons (Fsp3) is 0.375. The molecule has 0 bridgehead atoms. The average molecular weight is 338 g/mol. The minimum absolute atomic E-state index is 0.138. The molecular formula is C16H20BrNS. The van der Waals surface area contributed by atoms with Crippen molar-refractivity contribution in [3.8, 4) is 10.4 Å². The standard InChI is InChI=1S/C16H20BrNS/c1-4-11-9-12(17)5-6-13(11)14-7-8-15(19-14)16(18)10(2)3/h5-10,16H,4,18H2,1-3H3. The van der Waals surface area contributed by atoms with Gasteiger partial charge in [0.15, 0.2) is 0 Å². The second-order valence-electron chi connectivity index (χ2n) is 5.13. The van der Waals surface area contributed by atoms with Crippen molar-refractivity contribution >= 4 is 27.3 Å². The topological polar surface area (TPSA) is 26.0 Å². The SMILES string of the molecule is CCc1cc(Br)ccc1-c1ccc(C(N)C(C)C)s1. The Morgan fingerprint density at radius 2 is 1.95 bits per heavy atom. The lowest BCUT2D eigenvalue weighted by molar-refractivity contribution is 0.521. The molecule has 0 amide bonds. The Labute approximate surface area is 128 Å². The molecule has 2 aromatic rings. The van der Waals surface area contributed by atoms with Crippen LogP contribution in [0.1, 0.15) is 37.3 Å². The van der Waals surface area contributed by atoms with Crippen molar-refractivity contribution in [3.05, 3.63) is 45.2 Å². The number of nitrogens with two attached hydrogens (primary N) is 1. The molecule has 3 heteroatoms. The first-order chi connectivity index (χ1) is 9.02. The summed E-state index contributed by atoms with van der Waals surface area (Å²) in [5.74, 6) is 0.474. The summed E-state index contributed by atoms with van der Waals surface area (Å²) in [5.41, 5.74) is 8.93. The van der Waals surface area contributed by atoms with Gasteiger partial charge in [-0.25, -0.2) is 0 Å². The van der Waals surface area contributed by atoms with E-state index in [1.165, 1.54) is 20.9 Å². The Morgan fingerprint density at radius 3 is 2.58 bits per heavy atom. The van der Waals surface area contributed by atoms with Crippen LogP contribution in [-0.2, 0) is 6.42 Å². The number of aryl methyl sites for hydroxylation is 1. The van der Waals surface area contributed by atoms with Gasteiger partial charge in [0.2, 0.25) is 0 Å². The largest absolute Gasteiger partial charge is 0.323 e. The van der Waals surface area contributed by atoms with Gasteiger partial charge in [-0.05, 0) is 47.7 Å². The van der Waals surface area contributed by atoms with E-state index in [0.29, 0.717) is 5.92 Å². The van der Waals surface area contributed by atoms with Crippen LogP contribution in [0.15, 0.2) is 34.8 Å². The quantitative estimate of drug-likeness (QED) is 0.794. The van der Waals surface area contributed by atoms with E-state index in [-0.39, 0.29) is 6.04 Å². The zero-order chi connectivity index (χ0) is 14.0. The van der Waals surface area contributed by atoms with Crippen molar-refractivity contribution in [1.29, 1.82) is 0 Å². The van der Waals surface area contributed by atoms with Gasteiger partial charge < -0.3 is 5.73 Å². The Balaban J connectivity index is 2.38. The fourth-order valence-corrected chi connectivity index (χ4v) is 3.75. The number of rotatable bonds is 4. The molecule has 0 saturated heterocycles. The van der Waals surface area contributed by atoms with E-state index in [1.54, 1.807) is 0 Å². The second kappa shape index (κ2) is 6.21. The molecule has 2 N–H and O–H groups in total. The normalized spacial score (nSPS) is 12.9. The lowest BCUT2D eigenvalue weighted by Gasteiger charge is -2.13. The summed E-state index contributed by atoms with van der Waals surface area (Å²) < 4.78 is 1.14. The molecule has 1 aromatic carbocycles. The summed E-state index contributed by atoms with van der Waals surface area (Å²) in [7, 11) is 0. The van der Waals surface area contributed by atoms with Crippen LogP contribution in [-0.4, -0.2) is 0 Å². The third kappa shape index (κ3) is 3.28. The zero-order valence-electron chi connectivity index (χ0n) is 11.6. The highest BCUT2D eigenvalue weighted by atomic mass is 79.9. The lowest BCUT2D eigenvalue weighted by atomic mass is 10.0. The summed E-state index contributed by atoms with van der Waals surface area (Å²) in [5, 5.41) is 0. The van der Waals surface area contributed by atoms with Crippen LogP contribution in [0.4, 0.5) is 0 Å². The predicted molar refractivity (Wildman–Crippen MR) is 88.6 cm³/mol. The molecule has 102 valence electrons. The maximum absolute atomic E-state index is 6.23. The maximum Gasteiger partial charge on any atom is 0.0413 e. The fourth-order valence-electron chi connectivity index (χ4n) is 2.10. The summed E-state index contributed by atoms with van der Waals surface area (Å²) >= 11 is 5.36. The van der Waals surface area contributed by atoms with E-state index < -0.39 is 0 Å². The third-order valence-corrected chi connectivity index (χ3v) is 5.10. The molecule has 0 aliphatic carbocycles. The molecule has 1 nitrogen and oxygen atoms in total. The van der Waals surface area contributed by atoms with Crippen molar-refractivity contribution < 1.29 is 0 Å². The Kier molecular flexibility index (Phi) is 4.82. The molecule has 0 saturated carbocycles. The van der Waals surface area contributed by atoms with Gasteiger partial charge in [-0.2, -0.15) is 0 Å². The monoisotopic (exact) mass is 337 g/mol. The Morgan fingerprint density at radius 1 is 1.21 bits per heavy atom. The summed E-state index contributed by atoms with van der Waals surface area (Å²) in [6, 6.07) is 11.0. The van der Waals surface area contributed by atoms with Gasteiger partial charge in [-0.1, -0.05) is 42.8 Å². The molecule has 2 rings (SSSR count). The summed E-state index contributed by atoms with van der Waals surface area (Å²) in [4.78, 5) is 2.59. The minimum atomic E-state index is 0.138. The van der Waals surface area contributed by atoms with E-state index in [2.05, 4.69) is 67.0 Å². The molecular weight excluding hydrogens is 318 g/mol. The first-order valence-corrected chi connectivity index (χ1v) is 8.28. The number of thiophene rings is 1. The van der Waals surface area contributed by atoms with E-state index in [1.807, 2.05) is 11.3 Å². The van der Waals surface area contributed by atoms with Crippen LogP contribution < -0.4 is 5.73 Å². The van der Waals surface area contributed by atoms with Gasteiger partial charge in [-0.15, -0.1) is 11.3 Å². The van der Waals surface area contributed by atoms with Crippen LogP contribution in [0.2, 0.25) is 0 Å². The minimum Gasteiger partial charge on any atom is -0.323 e. The van der Waals surface area contributed by atoms with Crippen LogP contribution in [0.25, 0.3) is 10.4 Å². The predicted octanol–water partition coefficient (Wildman–Crippen LogP) is 5.40.